The smallest absolute Gasteiger partial charge is 0.0908 e. The summed E-state index contributed by atoms with van der Waals surface area (Å²) in [7, 11) is 0. The van der Waals surface area contributed by atoms with Crippen LogP contribution in [0.4, 0.5) is 0 Å². The summed E-state index contributed by atoms with van der Waals surface area (Å²) in [5.41, 5.74) is 7.07. The van der Waals surface area contributed by atoms with E-state index < -0.39 is 0 Å². The maximum atomic E-state index is 5.04. The summed E-state index contributed by atoms with van der Waals surface area (Å²) in [4.78, 5) is 10.1. The van der Waals surface area contributed by atoms with Crippen LogP contribution < -0.4 is 0 Å². The fourth-order valence-electron chi connectivity index (χ4n) is 5.20. The van der Waals surface area contributed by atoms with Crippen LogP contribution in [0.15, 0.2) is 84.9 Å². The van der Waals surface area contributed by atoms with Gasteiger partial charge in [-0.2, -0.15) is 0 Å². The number of nitrogens with zero attached hydrogens (tertiary/aromatic N) is 2. The van der Waals surface area contributed by atoms with Gasteiger partial charge in [0.25, 0.3) is 0 Å². The maximum absolute atomic E-state index is 5.04. The number of fused-ring (bicyclic) bond motifs is 7. The molecule has 0 spiro atoms. The largest absolute Gasteiger partial charge is 0.241 e. The minimum atomic E-state index is 1.09. The van der Waals surface area contributed by atoms with E-state index in [1.807, 2.05) is 0 Å². The molecule has 0 radical (unpaired) electrons. The van der Waals surface area contributed by atoms with Crippen molar-refractivity contribution >= 4 is 64.7 Å². The van der Waals surface area contributed by atoms with Gasteiger partial charge in [-0.05, 0) is 47.9 Å². The van der Waals surface area contributed by atoms with Crippen molar-refractivity contribution in [2.24, 2.45) is 0 Å². The predicted molar refractivity (Wildman–Crippen MR) is 148 cm³/mol. The van der Waals surface area contributed by atoms with Gasteiger partial charge < -0.3 is 0 Å². The van der Waals surface area contributed by atoms with Gasteiger partial charge in [-0.3, -0.25) is 0 Å². The van der Waals surface area contributed by atoms with E-state index in [0.29, 0.717) is 0 Å². The highest BCUT2D eigenvalue weighted by Gasteiger charge is 2.22. The first-order valence-electron chi connectivity index (χ1n) is 11.4. The number of thiazole rings is 2. The van der Waals surface area contributed by atoms with Gasteiger partial charge in [0.1, 0.15) is 0 Å². The third-order valence-corrected chi connectivity index (χ3v) is 8.37. The summed E-state index contributed by atoms with van der Waals surface area (Å²) >= 11 is 3.52. The zero-order valence-electron chi connectivity index (χ0n) is 18.8. The molecule has 2 aromatic heterocycles. The van der Waals surface area contributed by atoms with Crippen LogP contribution in [0.3, 0.4) is 0 Å². The topological polar surface area (TPSA) is 25.8 Å². The van der Waals surface area contributed by atoms with E-state index >= 15 is 0 Å². The molecule has 0 amide bonds. The number of aromatic nitrogens is 2. The van der Waals surface area contributed by atoms with Crippen LogP contribution in [0, 0.1) is 13.8 Å². The van der Waals surface area contributed by atoms with Crippen molar-refractivity contribution in [2.45, 2.75) is 13.8 Å². The van der Waals surface area contributed by atoms with Gasteiger partial charge in [0.2, 0.25) is 0 Å². The van der Waals surface area contributed by atoms with Crippen molar-refractivity contribution in [2.75, 3.05) is 0 Å². The molecule has 0 N–H and O–H groups in total. The van der Waals surface area contributed by atoms with Crippen LogP contribution in [0.2, 0.25) is 0 Å². The Hall–Kier alpha value is -3.60. The monoisotopic (exact) mass is 472 g/mol. The summed E-state index contributed by atoms with van der Waals surface area (Å²) < 4.78 is 2.46. The highest BCUT2D eigenvalue weighted by Crippen LogP contribution is 2.49. The minimum Gasteiger partial charge on any atom is -0.241 e. The Balaban J connectivity index is 1.85. The molecule has 0 aliphatic rings. The molecule has 2 nitrogen and oxygen atoms in total. The van der Waals surface area contributed by atoms with E-state index in [9.17, 15) is 0 Å². The number of hydrogen-bond acceptors (Lipinski definition) is 4. The van der Waals surface area contributed by atoms with Gasteiger partial charge in [0.05, 0.1) is 30.4 Å². The van der Waals surface area contributed by atoms with Gasteiger partial charge in [-0.1, -0.05) is 72.8 Å². The fraction of sp³-hybridized carbons (Fsp3) is 0.0667. The van der Waals surface area contributed by atoms with E-state index in [1.165, 1.54) is 53.2 Å². The number of hydrogen-bond donors (Lipinski definition) is 0. The van der Waals surface area contributed by atoms with Crippen LogP contribution in [0.25, 0.3) is 64.2 Å². The molecule has 0 saturated carbocycles. The predicted octanol–water partition coefficient (Wildman–Crippen LogP) is 9.16. The lowest BCUT2D eigenvalue weighted by Gasteiger charge is -2.19. The Labute approximate surface area is 205 Å². The Morgan fingerprint density at radius 2 is 0.912 bits per heavy atom. The lowest BCUT2D eigenvalue weighted by molar-refractivity contribution is 1.35. The molecular weight excluding hydrogens is 452 g/mol. The summed E-state index contributed by atoms with van der Waals surface area (Å²) in [5.74, 6) is 0. The zero-order chi connectivity index (χ0) is 22.8. The Morgan fingerprint density at radius 3 is 1.32 bits per heavy atom. The molecule has 2 heterocycles. The van der Waals surface area contributed by atoms with Gasteiger partial charge in [-0.15, -0.1) is 22.7 Å². The van der Waals surface area contributed by atoms with Gasteiger partial charge in [0.15, 0.2) is 0 Å². The Morgan fingerprint density at radius 1 is 0.500 bits per heavy atom. The molecule has 7 aromatic rings. The van der Waals surface area contributed by atoms with Crippen molar-refractivity contribution in [3.05, 3.63) is 94.9 Å². The molecule has 0 unspecified atom stereocenters. The van der Waals surface area contributed by atoms with Crippen LogP contribution in [-0.4, -0.2) is 9.97 Å². The molecule has 4 heteroatoms. The average Bonchev–Trinajstić information content (AvgIpc) is 3.44. The summed E-state index contributed by atoms with van der Waals surface area (Å²) in [6.45, 7) is 4.19. The van der Waals surface area contributed by atoms with E-state index in [2.05, 4.69) is 98.8 Å². The van der Waals surface area contributed by atoms with Crippen LogP contribution in [-0.2, 0) is 0 Å². The number of aryl methyl sites for hydroxylation is 2. The Kier molecular flexibility index (Phi) is 4.35. The van der Waals surface area contributed by atoms with E-state index in [-0.39, 0.29) is 0 Å². The van der Waals surface area contributed by atoms with Crippen molar-refractivity contribution in [3.63, 3.8) is 0 Å². The molecule has 0 saturated heterocycles. The van der Waals surface area contributed by atoms with Crippen molar-refractivity contribution in [1.82, 2.24) is 9.97 Å². The van der Waals surface area contributed by atoms with Crippen LogP contribution in [0.5, 0.6) is 0 Å². The zero-order valence-corrected chi connectivity index (χ0v) is 20.4. The number of rotatable bonds is 2. The molecular formula is C30H20N2S2. The fourth-order valence-corrected chi connectivity index (χ4v) is 6.87. The quantitative estimate of drug-likeness (QED) is 0.234. The van der Waals surface area contributed by atoms with E-state index in [1.54, 1.807) is 22.7 Å². The molecule has 0 aliphatic carbocycles. The first-order chi connectivity index (χ1) is 16.7. The Bertz CT molecular complexity index is 1720. The minimum absolute atomic E-state index is 1.09. The van der Waals surface area contributed by atoms with Crippen molar-refractivity contribution in [3.8, 4) is 22.3 Å². The van der Waals surface area contributed by atoms with Gasteiger partial charge in [-0.25, -0.2) is 9.97 Å². The van der Waals surface area contributed by atoms with E-state index in [4.69, 9.17) is 9.97 Å². The molecule has 0 fully saturated rings. The second-order valence-electron chi connectivity index (χ2n) is 8.62. The van der Waals surface area contributed by atoms with Gasteiger partial charge in [0, 0.05) is 21.9 Å². The molecule has 5 aromatic carbocycles. The molecule has 0 aliphatic heterocycles. The lowest BCUT2D eigenvalue weighted by atomic mass is 9.84. The molecule has 0 atom stereocenters. The standard InChI is InChI=1S/C30H20N2S2/c1-17-31-29-23(33-17)15-13-21-22-14-16-24-30(32-18(2)34-24)28(22)26(20-11-7-4-8-12-20)25(27(21)29)19-9-5-3-6-10-19/h3-16H,1-2H3. The third kappa shape index (κ3) is 2.86. The molecule has 162 valence electrons. The lowest BCUT2D eigenvalue weighted by Crippen LogP contribution is -1.93. The first-order valence-corrected chi connectivity index (χ1v) is 13.0. The van der Waals surface area contributed by atoms with E-state index in [0.717, 1.165) is 21.0 Å². The second-order valence-corrected chi connectivity index (χ2v) is 11.1. The maximum Gasteiger partial charge on any atom is 0.0908 e. The molecule has 0 bridgehead atoms. The SMILES string of the molecule is Cc1nc2c(ccc3c4ccc5sc(C)nc5c4c(-c4ccccc4)c(-c4ccccc4)c32)s1. The average molecular weight is 473 g/mol. The summed E-state index contributed by atoms with van der Waals surface area (Å²) in [5, 5.41) is 7.11. The van der Waals surface area contributed by atoms with Crippen LogP contribution in [0.1, 0.15) is 10.0 Å². The highest BCUT2D eigenvalue weighted by molar-refractivity contribution is 7.19. The summed E-state index contributed by atoms with van der Waals surface area (Å²) in [6, 6.07) is 30.6. The highest BCUT2D eigenvalue weighted by atomic mass is 32.1. The third-order valence-electron chi connectivity index (χ3n) is 6.50. The first kappa shape index (κ1) is 19.8. The van der Waals surface area contributed by atoms with Crippen molar-refractivity contribution < 1.29 is 0 Å². The molecule has 34 heavy (non-hydrogen) atoms. The summed E-state index contributed by atoms with van der Waals surface area (Å²) in [6.07, 6.45) is 0. The molecule has 7 rings (SSSR count). The second kappa shape index (κ2) is 7.45. The van der Waals surface area contributed by atoms with Gasteiger partial charge >= 0.3 is 0 Å². The normalized spacial score (nSPS) is 11.8. The van der Waals surface area contributed by atoms with Crippen LogP contribution >= 0.6 is 22.7 Å². The van der Waals surface area contributed by atoms with Crippen molar-refractivity contribution in [1.29, 1.82) is 0 Å². The number of benzene rings is 5.